The molecule has 3 heterocycles. The maximum atomic E-state index is 4.87. The summed E-state index contributed by atoms with van der Waals surface area (Å²) in [4.78, 5) is 11.7. The van der Waals surface area contributed by atoms with E-state index < -0.39 is 0 Å². The summed E-state index contributed by atoms with van der Waals surface area (Å²) in [5.74, 6) is 0.0715. The first kappa shape index (κ1) is 15.0. The van der Waals surface area contributed by atoms with Gasteiger partial charge in [0.05, 0.1) is 11.6 Å². The minimum absolute atomic E-state index is 0.0715. The van der Waals surface area contributed by atoms with Crippen molar-refractivity contribution in [3.63, 3.8) is 0 Å². The molecule has 0 radical (unpaired) electrons. The van der Waals surface area contributed by atoms with Gasteiger partial charge in [-0.2, -0.15) is 0 Å². The van der Waals surface area contributed by atoms with E-state index in [-0.39, 0.29) is 5.92 Å². The van der Waals surface area contributed by atoms with Crippen LogP contribution in [0.15, 0.2) is 79.1 Å². The standard InChI is InChI=1S/C23H19N3/c1-15-7-6-12-22(26-15)23(18-13-24-20-10-4-2-8-16(18)20)19-14-25-21-11-5-3-9-17(19)21/h2-14,23-25H,1H3. The Morgan fingerprint density at radius 3 is 1.85 bits per heavy atom. The zero-order valence-electron chi connectivity index (χ0n) is 14.5. The van der Waals surface area contributed by atoms with E-state index in [4.69, 9.17) is 4.98 Å². The van der Waals surface area contributed by atoms with Gasteiger partial charge in [-0.15, -0.1) is 0 Å². The molecule has 5 aromatic rings. The first-order valence-corrected chi connectivity index (χ1v) is 8.87. The maximum Gasteiger partial charge on any atom is 0.0555 e. The molecule has 0 aliphatic heterocycles. The van der Waals surface area contributed by atoms with Crippen LogP contribution in [0.25, 0.3) is 21.8 Å². The highest BCUT2D eigenvalue weighted by atomic mass is 14.7. The van der Waals surface area contributed by atoms with Gasteiger partial charge < -0.3 is 9.97 Å². The number of hydrogen-bond donors (Lipinski definition) is 2. The SMILES string of the molecule is Cc1cccc(C(c2c[nH]c3ccccc23)c2c[nH]c3ccccc23)n1. The number of para-hydroxylation sites is 2. The van der Waals surface area contributed by atoms with E-state index in [0.717, 1.165) is 22.4 Å². The highest BCUT2D eigenvalue weighted by molar-refractivity contribution is 5.88. The van der Waals surface area contributed by atoms with Crippen LogP contribution in [0, 0.1) is 6.92 Å². The molecule has 0 aliphatic carbocycles. The van der Waals surface area contributed by atoms with Gasteiger partial charge in [0.15, 0.2) is 0 Å². The number of nitrogens with zero attached hydrogens (tertiary/aromatic N) is 1. The number of fused-ring (bicyclic) bond motifs is 2. The van der Waals surface area contributed by atoms with Crippen LogP contribution in [0.5, 0.6) is 0 Å². The maximum absolute atomic E-state index is 4.87. The molecule has 0 spiro atoms. The number of nitrogens with one attached hydrogen (secondary N) is 2. The molecule has 0 fully saturated rings. The lowest BCUT2D eigenvalue weighted by Gasteiger charge is -2.17. The molecule has 0 atom stereocenters. The summed E-state index contributed by atoms with van der Waals surface area (Å²) in [6.07, 6.45) is 4.25. The van der Waals surface area contributed by atoms with Crippen molar-refractivity contribution in [2.75, 3.05) is 0 Å². The van der Waals surface area contributed by atoms with Gasteiger partial charge in [0, 0.05) is 39.9 Å². The molecule has 3 heteroatoms. The number of pyridine rings is 1. The summed E-state index contributed by atoms with van der Waals surface area (Å²) in [6, 6.07) is 23.2. The van der Waals surface area contributed by atoms with Crippen molar-refractivity contribution in [3.05, 3.63) is 102 Å². The third kappa shape index (κ3) is 2.32. The zero-order chi connectivity index (χ0) is 17.5. The van der Waals surface area contributed by atoms with E-state index in [1.807, 2.05) is 13.0 Å². The van der Waals surface area contributed by atoms with Crippen molar-refractivity contribution in [3.8, 4) is 0 Å². The molecule has 0 unspecified atom stereocenters. The number of hydrogen-bond acceptors (Lipinski definition) is 1. The number of rotatable bonds is 3. The number of benzene rings is 2. The number of aryl methyl sites for hydroxylation is 1. The Morgan fingerprint density at radius 2 is 1.27 bits per heavy atom. The molecule has 3 aromatic heterocycles. The Kier molecular flexibility index (Phi) is 3.39. The second kappa shape index (κ2) is 5.88. The largest absolute Gasteiger partial charge is 0.361 e. The molecular formula is C23H19N3. The highest BCUT2D eigenvalue weighted by Gasteiger charge is 2.24. The molecule has 0 bridgehead atoms. The van der Waals surface area contributed by atoms with Gasteiger partial charge >= 0.3 is 0 Å². The van der Waals surface area contributed by atoms with Crippen molar-refractivity contribution >= 4 is 21.8 Å². The minimum atomic E-state index is 0.0715. The van der Waals surface area contributed by atoms with Crippen LogP contribution >= 0.6 is 0 Å². The molecular weight excluding hydrogens is 318 g/mol. The summed E-state index contributed by atoms with van der Waals surface area (Å²) in [7, 11) is 0. The third-order valence-corrected chi connectivity index (χ3v) is 5.07. The second-order valence-electron chi connectivity index (χ2n) is 6.72. The Labute approximate surface area is 151 Å². The molecule has 0 amide bonds. The van der Waals surface area contributed by atoms with E-state index in [1.54, 1.807) is 0 Å². The van der Waals surface area contributed by atoms with Crippen LogP contribution in [0.1, 0.15) is 28.4 Å². The summed E-state index contributed by atoms with van der Waals surface area (Å²) in [6.45, 7) is 2.05. The predicted molar refractivity (Wildman–Crippen MR) is 107 cm³/mol. The second-order valence-corrected chi connectivity index (χ2v) is 6.72. The van der Waals surface area contributed by atoms with Gasteiger partial charge in [0.1, 0.15) is 0 Å². The molecule has 0 saturated carbocycles. The predicted octanol–water partition coefficient (Wildman–Crippen LogP) is 5.53. The van der Waals surface area contributed by atoms with Crippen LogP contribution in [0.4, 0.5) is 0 Å². The van der Waals surface area contributed by atoms with Gasteiger partial charge in [0.2, 0.25) is 0 Å². The molecule has 0 saturated heterocycles. The Bertz CT molecular complexity index is 1140. The van der Waals surface area contributed by atoms with E-state index >= 15 is 0 Å². The average molecular weight is 337 g/mol. The summed E-state index contributed by atoms with van der Waals surface area (Å²) in [5, 5.41) is 2.48. The minimum Gasteiger partial charge on any atom is -0.361 e. The van der Waals surface area contributed by atoms with Crippen LogP contribution < -0.4 is 0 Å². The smallest absolute Gasteiger partial charge is 0.0555 e. The normalized spacial score (nSPS) is 11.6. The summed E-state index contributed by atoms with van der Waals surface area (Å²) >= 11 is 0. The monoisotopic (exact) mass is 337 g/mol. The van der Waals surface area contributed by atoms with Crippen LogP contribution in [-0.2, 0) is 0 Å². The highest BCUT2D eigenvalue weighted by Crippen LogP contribution is 2.38. The molecule has 5 rings (SSSR count). The van der Waals surface area contributed by atoms with Gasteiger partial charge in [0.25, 0.3) is 0 Å². The fraction of sp³-hybridized carbons (Fsp3) is 0.0870. The van der Waals surface area contributed by atoms with Crippen LogP contribution in [0.3, 0.4) is 0 Å². The lowest BCUT2D eigenvalue weighted by molar-refractivity contribution is 0.920. The zero-order valence-corrected chi connectivity index (χ0v) is 14.5. The summed E-state index contributed by atoms with van der Waals surface area (Å²) in [5.41, 5.74) is 6.92. The lowest BCUT2D eigenvalue weighted by atomic mass is 9.87. The average Bonchev–Trinajstić information content (AvgIpc) is 3.28. The van der Waals surface area contributed by atoms with Crippen molar-refractivity contribution < 1.29 is 0 Å². The molecule has 3 nitrogen and oxygen atoms in total. The van der Waals surface area contributed by atoms with Gasteiger partial charge in [-0.25, -0.2) is 0 Å². The Balaban J connectivity index is 1.81. The van der Waals surface area contributed by atoms with E-state index in [2.05, 4.69) is 83.0 Å². The van der Waals surface area contributed by atoms with Crippen molar-refractivity contribution in [2.45, 2.75) is 12.8 Å². The first-order chi connectivity index (χ1) is 12.8. The number of H-pyrrole nitrogens is 2. The molecule has 2 aromatic carbocycles. The van der Waals surface area contributed by atoms with E-state index in [1.165, 1.54) is 21.9 Å². The number of aromatic nitrogens is 3. The quantitative estimate of drug-likeness (QED) is 0.446. The third-order valence-electron chi connectivity index (χ3n) is 5.07. The lowest BCUT2D eigenvalue weighted by Crippen LogP contribution is -2.05. The van der Waals surface area contributed by atoms with Crippen LogP contribution in [-0.4, -0.2) is 15.0 Å². The molecule has 0 aliphatic rings. The van der Waals surface area contributed by atoms with Gasteiger partial charge in [-0.3, -0.25) is 4.98 Å². The van der Waals surface area contributed by atoms with Gasteiger partial charge in [-0.1, -0.05) is 42.5 Å². The summed E-state index contributed by atoms with van der Waals surface area (Å²) < 4.78 is 0. The van der Waals surface area contributed by atoms with Crippen LogP contribution in [0.2, 0.25) is 0 Å². The molecule has 126 valence electrons. The fourth-order valence-electron chi connectivity index (χ4n) is 3.88. The van der Waals surface area contributed by atoms with Crippen molar-refractivity contribution in [1.29, 1.82) is 0 Å². The van der Waals surface area contributed by atoms with Crippen molar-refractivity contribution in [2.24, 2.45) is 0 Å². The number of aromatic amines is 2. The van der Waals surface area contributed by atoms with Gasteiger partial charge in [-0.05, 0) is 42.3 Å². The van der Waals surface area contributed by atoms with E-state index in [0.29, 0.717) is 0 Å². The Hall–Kier alpha value is -3.33. The van der Waals surface area contributed by atoms with Crippen molar-refractivity contribution in [1.82, 2.24) is 15.0 Å². The van der Waals surface area contributed by atoms with E-state index in [9.17, 15) is 0 Å². The molecule has 2 N–H and O–H groups in total. The molecule has 26 heavy (non-hydrogen) atoms. The first-order valence-electron chi connectivity index (χ1n) is 8.87. The Morgan fingerprint density at radius 1 is 0.692 bits per heavy atom. The fourth-order valence-corrected chi connectivity index (χ4v) is 3.88. The topological polar surface area (TPSA) is 44.5 Å².